The Morgan fingerprint density at radius 3 is 1.82 bits per heavy atom. The number of rotatable bonds is 11. The second kappa shape index (κ2) is 13.4. The molecular weight excluding hydrogens is 755 g/mol. The number of aromatic carboxylic acids is 2. The van der Waals surface area contributed by atoms with E-state index in [1.165, 1.54) is 67.2 Å². The van der Waals surface area contributed by atoms with Gasteiger partial charge in [0.05, 0.1) is 16.9 Å². The molecule has 0 spiro atoms. The standard InChI is InChI=1S/C41H51N5O6S3/c1-23-29-31(39(5,6)15-14-38(29,3)4)54-34(23)46(28-13-10-25(20-42-28)35(47)48)55(51,52)19-18-41(9)17-16-40(7,8)32-30(41)24(2)33(53-32)45(27-11-12-27)37-43-21-26(22-44-37)36(49)50/h10,13,20-22,27H,11-12,14-19H2,1-9H3,(H,47,48)(H,49,50). The molecule has 3 aliphatic carbocycles. The van der Waals surface area contributed by atoms with Gasteiger partial charge in [0, 0.05) is 34.4 Å². The van der Waals surface area contributed by atoms with Gasteiger partial charge in [0.2, 0.25) is 16.0 Å². The highest BCUT2D eigenvalue weighted by atomic mass is 32.2. The maximum atomic E-state index is 15.0. The van der Waals surface area contributed by atoms with Crippen molar-refractivity contribution in [2.24, 2.45) is 0 Å². The van der Waals surface area contributed by atoms with Crippen molar-refractivity contribution in [2.75, 3.05) is 15.0 Å². The minimum absolute atomic E-state index is 0.0115. The van der Waals surface area contributed by atoms with E-state index in [0.717, 1.165) is 54.7 Å². The third kappa shape index (κ3) is 6.85. The van der Waals surface area contributed by atoms with Crippen molar-refractivity contribution in [3.63, 3.8) is 0 Å². The first-order valence-electron chi connectivity index (χ1n) is 18.9. The number of pyridine rings is 1. The Bertz CT molecular complexity index is 2290. The Kier molecular flexibility index (Phi) is 9.56. The molecule has 3 aliphatic rings. The number of sulfonamides is 1. The predicted octanol–water partition coefficient (Wildman–Crippen LogP) is 9.54. The maximum absolute atomic E-state index is 15.0. The first-order chi connectivity index (χ1) is 25.6. The number of aromatic nitrogens is 3. The van der Waals surface area contributed by atoms with Gasteiger partial charge in [-0.25, -0.2) is 37.3 Å². The zero-order chi connectivity index (χ0) is 40.0. The van der Waals surface area contributed by atoms with E-state index in [9.17, 15) is 19.8 Å². The molecule has 55 heavy (non-hydrogen) atoms. The zero-order valence-electron chi connectivity index (χ0n) is 33.1. The van der Waals surface area contributed by atoms with Gasteiger partial charge in [-0.05, 0) is 115 Å². The molecule has 11 nitrogen and oxygen atoms in total. The minimum atomic E-state index is -4.05. The molecule has 1 unspecified atom stereocenters. The van der Waals surface area contributed by atoms with Crippen LogP contribution in [0.5, 0.6) is 0 Å². The Morgan fingerprint density at radius 2 is 1.27 bits per heavy atom. The zero-order valence-corrected chi connectivity index (χ0v) is 35.6. The summed E-state index contributed by atoms with van der Waals surface area (Å²) in [4.78, 5) is 41.3. The number of carboxylic acid groups (broad SMARTS) is 2. The van der Waals surface area contributed by atoms with Gasteiger partial charge in [0.1, 0.15) is 15.8 Å². The summed E-state index contributed by atoms with van der Waals surface area (Å²) in [5.41, 5.74) is 3.53. The van der Waals surface area contributed by atoms with Gasteiger partial charge in [0.25, 0.3) is 0 Å². The minimum Gasteiger partial charge on any atom is -0.478 e. The Hall–Kier alpha value is -3.88. The fourth-order valence-electron chi connectivity index (χ4n) is 8.62. The van der Waals surface area contributed by atoms with Crippen molar-refractivity contribution in [3.8, 4) is 0 Å². The van der Waals surface area contributed by atoms with Crippen molar-refractivity contribution >= 4 is 66.4 Å². The molecule has 1 atom stereocenters. The lowest BCUT2D eigenvalue weighted by molar-refractivity contribution is 0.0685. The molecule has 0 amide bonds. The lowest BCUT2D eigenvalue weighted by Gasteiger charge is -2.42. The summed E-state index contributed by atoms with van der Waals surface area (Å²) in [6.07, 6.45) is 9.91. The van der Waals surface area contributed by atoms with E-state index in [2.05, 4.69) is 75.2 Å². The van der Waals surface area contributed by atoms with Gasteiger partial charge in [-0.2, -0.15) is 0 Å². The molecule has 2 N–H and O–H groups in total. The number of hydrogen-bond acceptors (Lipinski definition) is 10. The van der Waals surface area contributed by atoms with Crippen molar-refractivity contribution < 1.29 is 28.2 Å². The number of carboxylic acids is 2. The molecule has 14 heteroatoms. The van der Waals surface area contributed by atoms with Gasteiger partial charge < -0.3 is 10.2 Å². The lowest BCUT2D eigenvalue weighted by atomic mass is 9.64. The molecule has 1 fully saturated rings. The number of hydrogen-bond donors (Lipinski definition) is 2. The first kappa shape index (κ1) is 39.4. The summed E-state index contributed by atoms with van der Waals surface area (Å²) >= 11 is 3.24. The summed E-state index contributed by atoms with van der Waals surface area (Å²) in [5.74, 6) is -1.70. The van der Waals surface area contributed by atoms with E-state index in [4.69, 9.17) is 0 Å². The van der Waals surface area contributed by atoms with Crippen LogP contribution in [0.25, 0.3) is 0 Å². The van der Waals surface area contributed by atoms with E-state index in [1.54, 1.807) is 11.3 Å². The Balaban J connectivity index is 1.29. The molecule has 1 saturated carbocycles. The highest BCUT2D eigenvalue weighted by Gasteiger charge is 2.47. The summed E-state index contributed by atoms with van der Waals surface area (Å²) in [7, 11) is -4.05. The lowest BCUT2D eigenvalue weighted by Crippen LogP contribution is -2.38. The maximum Gasteiger partial charge on any atom is 0.338 e. The quantitative estimate of drug-likeness (QED) is 0.150. The van der Waals surface area contributed by atoms with Gasteiger partial charge in [-0.15, -0.1) is 22.7 Å². The van der Waals surface area contributed by atoms with Crippen LogP contribution in [0.4, 0.5) is 21.8 Å². The predicted molar refractivity (Wildman–Crippen MR) is 219 cm³/mol. The van der Waals surface area contributed by atoms with Gasteiger partial charge in [-0.1, -0.05) is 48.5 Å². The fraction of sp³-hybridized carbons (Fsp3) is 0.537. The number of thiophene rings is 2. The van der Waals surface area contributed by atoms with Crippen LogP contribution in [0.3, 0.4) is 0 Å². The van der Waals surface area contributed by atoms with E-state index >= 15 is 8.42 Å². The monoisotopic (exact) mass is 805 g/mol. The van der Waals surface area contributed by atoms with Crippen molar-refractivity contribution in [3.05, 3.63) is 73.9 Å². The summed E-state index contributed by atoms with van der Waals surface area (Å²) in [6.45, 7) is 19.7. The van der Waals surface area contributed by atoms with Crippen LogP contribution in [0.15, 0.2) is 30.7 Å². The molecule has 4 aromatic heterocycles. The number of fused-ring (bicyclic) bond motifs is 2. The summed E-state index contributed by atoms with van der Waals surface area (Å²) < 4.78 is 31.5. The third-order valence-corrected chi connectivity index (χ3v) is 17.3. The molecular formula is C41H51N5O6S3. The fourth-order valence-corrected chi connectivity index (χ4v) is 13.9. The highest BCUT2D eigenvalue weighted by molar-refractivity contribution is 7.93. The van der Waals surface area contributed by atoms with Crippen LogP contribution >= 0.6 is 22.7 Å². The smallest absolute Gasteiger partial charge is 0.338 e. The van der Waals surface area contributed by atoms with Crippen molar-refractivity contribution in [2.45, 2.75) is 135 Å². The topological polar surface area (TPSA) is 154 Å². The Morgan fingerprint density at radius 1 is 0.745 bits per heavy atom. The Labute approximate surface area is 331 Å². The molecule has 7 rings (SSSR count). The van der Waals surface area contributed by atoms with E-state index < -0.39 is 27.4 Å². The molecule has 0 aromatic carbocycles. The average Bonchev–Trinajstić information content (AvgIpc) is 3.79. The van der Waals surface area contributed by atoms with E-state index in [-0.39, 0.29) is 45.0 Å². The molecule has 0 radical (unpaired) electrons. The first-order valence-corrected chi connectivity index (χ1v) is 22.2. The van der Waals surface area contributed by atoms with Crippen molar-refractivity contribution in [1.29, 1.82) is 0 Å². The van der Waals surface area contributed by atoms with Crippen LogP contribution in [0, 0.1) is 13.8 Å². The highest BCUT2D eigenvalue weighted by Crippen LogP contribution is 2.58. The van der Waals surface area contributed by atoms with Crippen LogP contribution in [-0.2, 0) is 31.7 Å². The number of nitrogens with zero attached hydrogens (tertiary/aromatic N) is 5. The number of carbonyl (C=O) groups is 2. The summed E-state index contributed by atoms with van der Waals surface area (Å²) in [6, 6.07) is 3.12. The van der Waals surface area contributed by atoms with E-state index in [0.29, 0.717) is 17.4 Å². The van der Waals surface area contributed by atoms with Crippen LogP contribution in [-0.4, -0.2) is 57.3 Å². The van der Waals surface area contributed by atoms with Crippen LogP contribution in [0.1, 0.15) is 146 Å². The van der Waals surface area contributed by atoms with Crippen molar-refractivity contribution in [1.82, 2.24) is 15.0 Å². The molecule has 4 heterocycles. The van der Waals surface area contributed by atoms with Gasteiger partial charge >= 0.3 is 11.9 Å². The van der Waals surface area contributed by atoms with Crippen LogP contribution in [0.2, 0.25) is 0 Å². The molecule has 4 aromatic rings. The van der Waals surface area contributed by atoms with Gasteiger partial charge in [-0.3, -0.25) is 4.90 Å². The molecule has 0 saturated heterocycles. The summed E-state index contributed by atoms with van der Waals surface area (Å²) in [5, 5.41) is 20.7. The molecule has 294 valence electrons. The second-order valence-electron chi connectivity index (χ2n) is 17.9. The SMILES string of the molecule is Cc1c(N(c2ccc(C(=O)O)cn2)S(=O)(=O)CCC2(C)CCC(C)(C)c3sc(N(c4ncc(C(=O)O)cn4)C4CC4)c(C)c32)sc2c1C(C)(C)CCC2(C)C. The normalized spacial score (nSPS) is 21.0. The molecule has 0 bridgehead atoms. The molecule has 0 aliphatic heterocycles. The van der Waals surface area contributed by atoms with Crippen LogP contribution < -0.4 is 9.21 Å². The number of anilines is 4. The average molecular weight is 806 g/mol. The second-order valence-corrected chi connectivity index (χ2v) is 21.8. The van der Waals surface area contributed by atoms with E-state index in [1.807, 2.05) is 6.92 Å². The van der Waals surface area contributed by atoms with Gasteiger partial charge in [0.15, 0.2) is 0 Å². The largest absolute Gasteiger partial charge is 0.478 e. The third-order valence-electron chi connectivity index (χ3n) is 12.2.